The lowest BCUT2D eigenvalue weighted by Gasteiger charge is -2.00. The molecule has 0 amide bonds. The Bertz CT molecular complexity index is 94.1. The second-order valence-electron chi connectivity index (χ2n) is 2.32. The van der Waals surface area contributed by atoms with E-state index >= 15 is 0 Å². The van der Waals surface area contributed by atoms with E-state index < -0.39 is 0 Å². The van der Waals surface area contributed by atoms with Crippen molar-refractivity contribution in [3.63, 3.8) is 0 Å². The van der Waals surface area contributed by atoms with Crippen LogP contribution in [0.1, 0.15) is 39.5 Å². The zero-order valence-electron chi connectivity index (χ0n) is 7.26. The fourth-order valence-corrected chi connectivity index (χ4v) is 0.607. The number of unbranched alkanes of at least 4 members (excludes halogenated alkanes) is 1. The second kappa shape index (κ2) is 9.76. The van der Waals surface area contributed by atoms with Crippen molar-refractivity contribution in [2.24, 2.45) is 0 Å². The Morgan fingerprint density at radius 1 is 1.27 bits per heavy atom. The summed E-state index contributed by atoms with van der Waals surface area (Å²) in [4.78, 5) is 10.7. The van der Waals surface area contributed by atoms with E-state index in [1.807, 2.05) is 6.92 Å². The van der Waals surface area contributed by atoms with Crippen molar-refractivity contribution in [1.29, 1.82) is 0 Å². The summed E-state index contributed by atoms with van der Waals surface area (Å²) in [6.45, 7) is 4.64. The number of halogens is 1. The molecule has 0 fully saturated rings. The van der Waals surface area contributed by atoms with Gasteiger partial charge in [-0.25, -0.2) is 0 Å². The summed E-state index contributed by atoms with van der Waals surface area (Å²) < 4.78 is 4.88. The van der Waals surface area contributed by atoms with E-state index in [-0.39, 0.29) is 18.4 Å². The molecule has 68 valence electrons. The van der Waals surface area contributed by atoms with Crippen LogP contribution in [0.15, 0.2) is 0 Å². The average Bonchev–Trinajstić information content (AvgIpc) is 1.89. The summed E-state index contributed by atoms with van der Waals surface area (Å²) in [5.74, 6) is -0.0593. The lowest BCUT2D eigenvalue weighted by molar-refractivity contribution is -0.143. The molecule has 0 N–H and O–H groups in total. The standard InChI is InChI=1S/C8H16O2.ClH/c1-3-5-7-10-8(9)6-4-2;/h3-7H2,1-2H3;1H. The van der Waals surface area contributed by atoms with Gasteiger partial charge >= 0.3 is 5.97 Å². The molecule has 0 atom stereocenters. The SMILES string of the molecule is CCCCOC(=O)CCC.Cl. The first-order chi connectivity index (χ1) is 4.81. The molecule has 0 radical (unpaired) electrons. The largest absolute Gasteiger partial charge is 0.466 e. The number of carbonyl (C=O) groups excluding carboxylic acids is 1. The molecule has 0 aliphatic rings. The number of esters is 1. The van der Waals surface area contributed by atoms with Gasteiger partial charge in [-0.1, -0.05) is 20.3 Å². The number of hydrogen-bond donors (Lipinski definition) is 0. The number of rotatable bonds is 5. The average molecular weight is 181 g/mol. The molecule has 0 aromatic carbocycles. The Morgan fingerprint density at radius 3 is 2.36 bits per heavy atom. The summed E-state index contributed by atoms with van der Waals surface area (Å²) in [5.41, 5.74) is 0. The highest BCUT2D eigenvalue weighted by molar-refractivity contribution is 5.85. The second-order valence-corrected chi connectivity index (χ2v) is 2.32. The minimum atomic E-state index is -0.0593. The highest BCUT2D eigenvalue weighted by atomic mass is 35.5. The van der Waals surface area contributed by atoms with Gasteiger partial charge in [0.15, 0.2) is 0 Å². The number of hydrogen-bond acceptors (Lipinski definition) is 2. The Labute approximate surface area is 74.7 Å². The molecule has 2 nitrogen and oxygen atoms in total. The van der Waals surface area contributed by atoms with Gasteiger partial charge in [-0.05, 0) is 12.8 Å². The summed E-state index contributed by atoms with van der Waals surface area (Å²) in [5, 5.41) is 0. The Hall–Kier alpha value is -0.240. The minimum absolute atomic E-state index is 0. The smallest absolute Gasteiger partial charge is 0.305 e. The van der Waals surface area contributed by atoms with Gasteiger partial charge in [0.25, 0.3) is 0 Å². The normalized spacial score (nSPS) is 8.55. The van der Waals surface area contributed by atoms with Crippen LogP contribution < -0.4 is 0 Å². The quantitative estimate of drug-likeness (QED) is 0.480. The zero-order chi connectivity index (χ0) is 7.82. The third-order valence-corrected chi connectivity index (χ3v) is 1.22. The van der Waals surface area contributed by atoms with E-state index in [9.17, 15) is 4.79 Å². The van der Waals surface area contributed by atoms with Crippen LogP contribution in [0, 0.1) is 0 Å². The van der Waals surface area contributed by atoms with E-state index in [4.69, 9.17) is 4.74 Å². The molecule has 11 heavy (non-hydrogen) atoms. The molecule has 0 rings (SSSR count). The molecular weight excluding hydrogens is 164 g/mol. The molecule has 0 saturated carbocycles. The van der Waals surface area contributed by atoms with E-state index in [1.165, 1.54) is 0 Å². The molecule has 0 aromatic heterocycles. The van der Waals surface area contributed by atoms with Crippen LogP contribution in [0.4, 0.5) is 0 Å². The number of ether oxygens (including phenoxy) is 1. The van der Waals surface area contributed by atoms with Crippen molar-refractivity contribution >= 4 is 18.4 Å². The van der Waals surface area contributed by atoms with Gasteiger partial charge < -0.3 is 4.74 Å². The molecular formula is C8H17ClO2. The predicted octanol–water partition coefficient (Wildman–Crippen LogP) is 2.55. The Morgan fingerprint density at radius 2 is 1.91 bits per heavy atom. The van der Waals surface area contributed by atoms with E-state index in [2.05, 4.69) is 6.92 Å². The van der Waals surface area contributed by atoms with E-state index in [1.54, 1.807) is 0 Å². The van der Waals surface area contributed by atoms with Gasteiger partial charge in [-0.3, -0.25) is 4.79 Å². The molecule has 3 heteroatoms. The summed E-state index contributed by atoms with van der Waals surface area (Å²) in [6, 6.07) is 0. The molecule has 0 aliphatic heterocycles. The van der Waals surface area contributed by atoms with Crippen molar-refractivity contribution in [3.05, 3.63) is 0 Å². The third-order valence-electron chi connectivity index (χ3n) is 1.22. The van der Waals surface area contributed by atoms with Crippen LogP contribution in [0.3, 0.4) is 0 Å². The molecule has 0 unspecified atom stereocenters. The van der Waals surface area contributed by atoms with Crippen molar-refractivity contribution in [2.45, 2.75) is 39.5 Å². The first kappa shape index (κ1) is 13.4. The molecule has 0 spiro atoms. The fourth-order valence-electron chi connectivity index (χ4n) is 0.607. The minimum Gasteiger partial charge on any atom is -0.466 e. The van der Waals surface area contributed by atoms with Crippen LogP contribution in [-0.2, 0) is 9.53 Å². The van der Waals surface area contributed by atoms with Crippen LogP contribution in [0.5, 0.6) is 0 Å². The first-order valence-corrected chi connectivity index (χ1v) is 3.96. The molecule has 0 bridgehead atoms. The van der Waals surface area contributed by atoms with Crippen LogP contribution in [0.25, 0.3) is 0 Å². The van der Waals surface area contributed by atoms with Crippen molar-refractivity contribution in [1.82, 2.24) is 0 Å². The van der Waals surface area contributed by atoms with Crippen LogP contribution >= 0.6 is 12.4 Å². The molecule has 0 aromatic rings. The monoisotopic (exact) mass is 180 g/mol. The maximum absolute atomic E-state index is 10.7. The Balaban J connectivity index is 0. The fraction of sp³-hybridized carbons (Fsp3) is 0.875. The molecule has 0 saturated heterocycles. The third kappa shape index (κ3) is 9.76. The summed E-state index contributed by atoms with van der Waals surface area (Å²) in [6.07, 6.45) is 3.50. The van der Waals surface area contributed by atoms with Gasteiger partial charge in [0.2, 0.25) is 0 Å². The van der Waals surface area contributed by atoms with Gasteiger partial charge in [0, 0.05) is 6.42 Å². The first-order valence-electron chi connectivity index (χ1n) is 3.96. The van der Waals surface area contributed by atoms with E-state index in [0.717, 1.165) is 19.3 Å². The van der Waals surface area contributed by atoms with E-state index in [0.29, 0.717) is 13.0 Å². The molecule has 0 heterocycles. The summed E-state index contributed by atoms with van der Waals surface area (Å²) in [7, 11) is 0. The molecule has 0 aliphatic carbocycles. The highest BCUT2D eigenvalue weighted by Gasteiger charge is 1.97. The lowest BCUT2D eigenvalue weighted by Crippen LogP contribution is -2.04. The van der Waals surface area contributed by atoms with Crippen molar-refractivity contribution in [2.75, 3.05) is 6.61 Å². The zero-order valence-corrected chi connectivity index (χ0v) is 8.08. The van der Waals surface area contributed by atoms with Gasteiger partial charge in [-0.15, -0.1) is 12.4 Å². The predicted molar refractivity (Wildman–Crippen MR) is 48.0 cm³/mol. The van der Waals surface area contributed by atoms with Gasteiger partial charge in [0.1, 0.15) is 0 Å². The van der Waals surface area contributed by atoms with Crippen LogP contribution in [-0.4, -0.2) is 12.6 Å². The van der Waals surface area contributed by atoms with Gasteiger partial charge in [-0.2, -0.15) is 0 Å². The maximum atomic E-state index is 10.7. The Kier molecular flexibility index (Phi) is 11.9. The van der Waals surface area contributed by atoms with Crippen LogP contribution in [0.2, 0.25) is 0 Å². The number of carbonyl (C=O) groups is 1. The maximum Gasteiger partial charge on any atom is 0.305 e. The summed E-state index contributed by atoms with van der Waals surface area (Å²) >= 11 is 0. The lowest BCUT2D eigenvalue weighted by atomic mass is 10.3. The van der Waals surface area contributed by atoms with Gasteiger partial charge in [0.05, 0.1) is 6.61 Å². The topological polar surface area (TPSA) is 26.3 Å². The van der Waals surface area contributed by atoms with Crippen molar-refractivity contribution in [3.8, 4) is 0 Å². The van der Waals surface area contributed by atoms with Crippen molar-refractivity contribution < 1.29 is 9.53 Å². The highest BCUT2D eigenvalue weighted by Crippen LogP contribution is 1.93.